The third-order valence-electron chi connectivity index (χ3n) is 5.06. The van der Waals surface area contributed by atoms with Crippen molar-refractivity contribution in [2.45, 2.75) is 52.4 Å². The SMILES string of the molecule is C=C(c1nc(C2CCc3ccccc3C2)[nH]c1C)N(CCC)C(C)=O. The second-order valence-electron chi connectivity index (χ2n) is 6.92. The molecular formula is C21H27N3O. The number of carbonyl (C=O) groups is 1. The second-order valence-corrected chi connectivity index (χ2v) is 6.92. The highest BCUT2D eigenvalue weighted by Crippen LogP contribution is 2.32. The number of nitrogens with one attached hydrogen (secondary N) is 1. The molecule has 1 unspecified atom stereocenters. The highest BCUT2D eigenvalue weighted by Gasteiger charge is 2.25. The predicted molar refractivity (Wildman–Crippen MR) is 101 cm³/mol. The Labute approximate surface area is 150 Å². The molecule has 0 bridgehead atoms. The summed E-state index contributed by atoms with van der Waals surface area (Å²) in [5, 5.41) is 0. The molecule has 0 fully saturated rings. The van der Waals surface area contributed by atoms with E-state index >= 15 is 0 Å². The van der Waals surface area contributed by atoms with Crippen LogP contribution in [0.1, 0.15) is 60.9 Å². The van der Waals surface area contributed by atoms with E-state index in [0.717, 1.165) is 42.9 Å². The van der Waals surface area contributed by atoms with Crippen molar-refractivity contribution < 1.29 is 4.79 Å². The maximum atomic E-state index is 11.9. The van der Waals surface area contributed by atoms with Gasteiger partial charge in [-0.05, 0) is 43.7 Å². The van der Waals surface area contributed by atoms with Gasteiger partial charge in [-0.15, -0.1) is 0 Å². The maximum absolute atomic E-state index is 11.9. The zero-order chi connectivity index (χ0) is 18.0. The fourth-order valence-corrected chi connectivity index (χ4v) is 3.72. The molecule has 4 heteroatoms. The van der Waals surface area contributed by atoms with Crippen LogP contribution in [0.3, 0.4) is 0 Å². The summed E-state index contributed by atoms with van der Waals surface area (Å²) in [7, 11) is 0. The van der Waals surface area contributed by atoms with Gasteiger partial charge in [0.25, 0.3) is 0 Å². The molecule has 1 aliphatic rings. The molecular weight excluding hydrogens is 310 g/mol. The fraction of sp³-hybridized carbons (Fsp3) is 0.429. The van der Waals surface area contributed by atoms with Gasteiger partial charge in [0, 0.05) is 25.1 Å². The number of rotatable bonds is 5. The van der Waals surface area contributed by atoms with Crippen molar-refractivity contribution in [3.63, 3.8) is 0 Å². The van der Waals surface area contributed by atoms with Gasteiger partial charge in [0.15, 0.2) is 0 Å². The number of fused-ring (bicyclic) bond motifs is 1. The van der Waals surface area contributed by atoms with E-state index in [2.05, 4.69) is 42.8 Å². The molecule has 25 heavy (non-hydrogen) atoms. The van der Waals surface area contributed by atoms with Crippen LogP contribution < -0.4 is 0 Å². The topological polar surface area (TPSA) is 49.0 Å². The van der Waals surface area contributed by atoms with Crippen LogP contribution in [-0.4, -0.2) is 27.3 Å². The zero-order valence-electron chi connectivity index (χ0n) is 15.4. The molecule has 2 aromatic rings. The molecule has 1 atom stereocenters. The van der Waals surface area contributed by atoms with Crippen LogP contribution in [-0.2, 0) is 17.6 Å². The lowest BCUT2D eigenvalue weighted by atomic mass is 9.83. The summed E-state index contributed by atoms with van der Waals surface area (Å²) in [5.74, 6) is 1.43. The lowest BCUT2D eigenvalue weighted by Gasteiger charge is -2.23. The number of H-pyrrole nitrogens is 1. The number of nitrogens with zero attached hydrogens (tertiary/aromatic N) is 2. The predicted octanol–water partition coefficient (Wildman–Crippen LogP) is 4.22. The number of amides is 1. The van der Waals surface area contributed by atoms with E-state index in [-0.39, 0.29) is 5.91 Å². The Bertz CT molecular complexity index is 790. The quantitative estimate of drug-likeness (QED) is 0.888. The zero-order valence-corrected chi connectivity index (χ0v) is 15.4. The van der Waals surface area contributed by atoms with Crippen molar-refractivity contribution in [1.29, 1.82) is 0 Å². The molecule has 1 heterocycles. The van der Waals surface area contributed by atoms with Gasteiger partial charge < -0.3 is 9.88 Å². The monoisotopic (exact) mass is 337 g/mol. The van der Waals surface area contributed by atoms with E-state index < -0.39 is 0 Å². The summed E-state index contributed by atoms with van der Waals surface area (Å²) >= 11 is 0. The van der Waals surface area contributed by atoms with Crippen LogP contribution >= 0.6 is 0 Å². The highest BCUT2D eigenvalue weighted by molar-refractivity contribution is 5.84. The summed E-state index contributed by atoms with van der Waals surface area (Å²) in [5.41, 5.74) is 5.38. The average Bonchev–Trinajstić information content (AvgIpc) is 3.00. The van der Waals surface area contributed by atoms with Gasteiger partial charge in [-0.2, -0.15) is 0 Å². The van der Waals surface area contributed by atoms with Crippen LogP contribution in [0.15, 0.2) is 30.8 Å². The standard InChI is InChI=1S/C21H27N3O/c1-5-12-24(16(4)25)15(3)20-14(2)22-21(23-20)19-11-10-17-8-6-7-9-18(17)13-19/h6-9,19H,3,5,10-13H2,1-2,4H3,(H,22,23). The van der Waals surface area contributed by atoms with Gasteiger partial charge in [-0.25, -0.2) is 4.98 Å². The Morgan fingerprint density at radius 3 is 2.76 bits per heavy atom. The van der Waals surface area contributed by atoms with Crippen LogP contribution in [0.2, 0.25) is 0 Å². The van der Waals surface area contributed by atoms with Gasteiger partial charge in [0.2, 0.25) is 5.91 Å². The molecule has 132 valence electrons. The van der Waals surface area contributed by atoms with E-state index in [1.54, 1.807) is 11.8 Å². The summed E-state index contributed by atoms with van der Waals surface area (Å²) < 4.78 is 0. The summed E-state index contributed by atoms with van der Waals surface area (Å²) in [6.07, 6.45) is 4.10. The molecule has 1 N–H and O–H groups in total. The van der Waals surface area contributed by atoms with E-state index in [9.17, 15) is 4.79 Å². The molecule has 0 radical (unpaired) electrons. The Balaban J connectivity index is 1.83. The van der Waals surface area contributed by atoms with E-state index in [4.69, 9.17) is 4.98 Å². The Morgan fingerprint density at radius 1 is 1.36 bits per heavy atom. The Hall–Kier alpha value is -2.36. The Kier molecular flexibility index (Phi) is 5.07. The van der Waals surface area contributed by atoms with Gasteiger partial charge >= 0.3 is 0 Å². The van der Waals surface area contributed by atoms with E-state index in [1.807, 2.05) is 6.92 Å². The lowest BCUT2D eigenvalue weighted by Crippen LogP contribution is -2.28. The third kappa shape index (κ3) is 3.53. The van der Waals surface area contributed by atoms with Gasteiger partial charge in [0.05, 0.1) is 5.70 Å². The first-order chi connectivity index (χ1) is 12.0. The number of benzene rings is 1. The first-order valence-electron chi connectivity index (χ1n) is 9.12. The normalized spacial score (nSPS) is 16.4. The van der Waals surface area contributed by atoms with Crippen molar-refractivity contribution in [3.8, 4) is 0 Å². The molecule has 1 amide bonds. The summed E-state index contributed by atoms with van der Waals surface area (Å²) in [6, 6.07) is 8.66. The molecule has 4 nitrogen and oxygen atoms in total. The molecule has 0 saturated carbocycles. The minimum absolute atomic E-state index is 0.0161. The molecule has 0 spiro atoms. The molecule has 3 rings (SSSR count). The number of carbonyl (C=O) groups excluding carboxylic acids is 1. The number of hydrogen-bond acceptors (Lipinski definition) is 2. The lowest BCUT2D eigenvalue weighted by molar-refractivity contribution is -0.125. The van der Waals surface area contributed by atoms with Crippen LogP contribution in [0.5, 0.6) is 0 Å². The Morgan fingerprint density at radius 2 is 2.08 bits per heavy atom. The molecule has 1 aliphatic carbocycles. The number of aromatic nitrogens is 2. The van der Waals surface area contributed by atoms with Crippen LogP contribution in [0.25, 0.3) is 5.70 Å². The van der Waals surface area contributed by atoms with Crippen molar-refractivity contribution in [1.82, 2.24) is 14.9 Å². The van der Waals surface area contributed by atoms with Crippen molar-refractivity contribution in [2.75, 3.05) is 6.54 Å². The van der Waals surface area contributed by atoms with Crippen molar-refractivity contribution in [2.24, 2.45) is 0 Å². The van der Waals surface area contributed by atoms with E-state index in [0.29, 0.717) is 18.2 Å². The first-order valence-corrected chi connectivity index (χ1v) is 9.12. The number of imidazole rings is 1. The van der Waals surface area contributed by atoms with Gasteiger partial charge in [-0.1, -0.05) is 37.8 Å². The summed E-state index contributed by atoms with van der Waals surface area (Å²) in [6.45, 7) is 10.5. The van der Waals surface area contributed by atoms with Crippen molar-refractivity contribution in [3.05, 3.63) is 59.2 Å². The van der Waals surface area contributed by atoms with E-state index in [1.165, 1.54) is 11.1 Å². The fourth-order valence-electron chi connectivity index (χ4n) is 3.72. The molecule has 0 aliphatic heterocycles. The first kappa shape index (κ1) is 17.5. The van der Waals surface area contributed by atoms with Crippen LogP contribution in [0, 0.1) is 6.92 Å². The van der Waals surface area contributed by atoms with Gasteiger partial charge in [-0.3, -0.25) is 4.79 Å². The largest absolute Gasteiger partial charge is 0.345 e. The third-order valence-corrected chi connectivity index (χ3v) is 5.06. The number of aromatic amines is 1. The summed E-state index contributed by atoms with van der Waals surface area (Å²) in [4.78, 5) is 22.0. The minimum atomic E-state index is 0.0161. The minimum Gasteiger partial charge on any atom is -0.345 e. The van der Waals surface area contributed by atoms with Crippen molar-refractivity contribution >= 4 is 11.6 Å². The number of hydrogen-bond donors (Lipinski definition) is 1. The maximum Gasteiger partial charge on any atom is 0.223 e. The molecule has 1 aromatic heterocycles. The van der Waals surface area contributed by atoms with Crippen LogP contribution in [0.4, 0.5) is 0 Å². The molecule has 1 aromatic carbocycles. The average molecular weight is 337 g/mol. The highest BCUT2D eigenvalue weighted by atomic mass is 16.2. The molecule has 0 saturated heterocycles. The smallest absolute Gasteiger partial charge is 0.223 e. The van der Waals surface area contributed by atoms with Gasteiger partial charge in [0.1, 0.15) is 11.5 Å². The second kappa shape index (κ2) is 7.26. The number of aryl methyl sites for hydroxylation is 2.